The van der Waals surface area contributed by atoms with E-state index in [2.05, 4.69) is 46.4 Å². The average Bonchev–Trinajstić information content (AvgIpc) is 3.24. The topological polar surface area (TPSA) is 60.1 Å². The van der Waals surface area contributed by atoms with Crippen molar-refractivity contribution in [1.82, 2.24) is 14.8 Å². The van der Waals surface area contributed by atoms with E-state index in [1.165, 1.54) is 45.6 Å². The molecule has 3 aromatic rings. The fourth-order valence-corrected chi connectivity index (χ4v) is 4.97. The number of thiazole rings is 1. The van der Waals surface area contributed by atoms with Crippen molar-refractivity contribution in [3.8, 4) is 0 Å². The predicted molar refractivity (Wildman–Crippen MR) is 106 cm³/mol. The van der Waals surface area contributed by atoms with Gasteiger partial charge in [0.05, 0.1) is 5.75 Å². The molecule has 5 nitrogen and oxygen atoms in total. The number of hydrogen-bond donors (Lipinski definition) is 0. The van der Waals surface area contributed by atoms with Gasteiger partial charge >= 0.3 is 0 Å². The lowest BCUT2D eigenvalue weighted by Gasteiger charge is -2.03. The van der Waals surface area contributed by atoms with Crippen LogP contribution in [0.25, 0.3) is 0 Å². The van der Waals surface area contributed by atoms with E-state index in [1.54, 1.807) is 11.8 Å². The zero-order valence-corrected chi connectivity index (χ0v) is 17.0. The Balaban J connectivity index is 1.65. The molecule has 0 atom stereocenters. The summed E-state index contributed by atoms with van der Waals surface area (Å²) in [5, 5.41) is 10.0. The van der Waals surface area contributed by atoms with Gasteiger partial charge in [-0.25, -0.2) is 0 Å². The van der Waals surface area contributed by atoms with Crippen LogP contribution >= 0.6 is 46.2 Å². The van der Waals surface area contributed by atoms with Gasteiger partial charge in [0.15, 0.2) is 13.5 Å². The molecule has 0 aliphatic heterocycles. The number of amides is 1. The summed E-state index contributed by atoms with van der Waals surface area (Å²) < 4.78 is 3.70. The molecule has 0 aliphatic carbocycles. The fraction of sp³-hybridized carbons (Fsp3) is 0.250. The number of hydrogen-bond acceptors (Lipinski definition) is 7. The highest BCUT2D eigenvalue weighted by atomic mass is 32.2. The first-order valence-corrected chi connectivity index (χ1v) is 11.3. The Morgan fingerprint density at radius 1 is 1.24 bits per heavy atom. The minimum absolute atomic E-state index is 0.161. The van der Waals surface area contributed by atoms with Gasteiger partial charge in [-0.1, -0.05) is 64.7 Å². The number of thioether (sulfide) groups is 2. The molecule has 0 radical (unpaired) electrons. The minimum atomic E-state index is -0.161. The molecule has 130 valence electrons. The van der Waals surface area contributed by atoms with Crippen molar-refractivity contribution in [3.63, 3.8) is 0 Å². The summed E-state index contributed by atoms with van der Waals surface area (Å²) in [5.74, 6) is 0.108. The van der Waals surface area contributed by atoms with Crippen LogP contribution in [0.15, 0.2) is 49.5 Å². The summed E-state index contributed by atoms with van der Waals surface area (Å²) >= 11 is 5.90. The first-order chi connectivity index (χ1) is 12.1. The lowest BCUT2D eigenvalue weighted by Crippen LogP contribution is -2.17. The molecule has 0 fully saturated rings. The number of aromatic nitrogens is 3. The van der Waals surface area contributed by atoms with Crippen molar-refractivity contribution < 1.29 is 4.79 Å². The van der Waals surface area contributed by atoms with Gasteiger partial charge in [0, 0.05) is 18.1 Å². The molecule has 0 bridgehead atoms. The third-order valence-electron chi connectivity index (χ3n) is 3.24. The van der Waals surface area contributed by atoms with Crippen LogP contribution in [0.4, 0.5) is 0 Å². The average molecular weight is 409 g/mol. The first kappa shape index (κ1) is 18.4. The number of benzene rings is 1. The summed E-state index contributed by atoms with van der Waals surface area (Å²) in [4.78, 5) is 17.1. The Bertz CT molecular complexity index is 911. The fourth-order valence-electron chi connectivity index (χ4n) is 2.00. The number of carbonyl (C=O) groups is 1. The molecule has 0 N–H and O–H groups in total. The largest absolute Gasteiger partial charge is 0.319 e. The van der Waals surface area contributed by atoms with E-state index in [0.29, 0.717) is 11.3 Å². The summed E-state index contributed by atoms with van der Waals surface area (Å²) in [6.45, 7) is 2.77. The quantitative estimate of drug-likeness (QED) is 0.582. The van der Waals surface area contributed by atoms with Crippen LogP contribution in [0, 0.1) is 6.92 Å². The van der Waals surface area contributed by atoms with Crippen LogP contribution in [-0.4, -0.2) is 32.7 Å². The minimum Gasteiger partial charge on any atom is -0.319 e. The zero-order chi connectivity index (χ0) is 17.6. The highest BCUT2D eigenvalue weighted by Crippen LogP contribution is 2.27. The Morgan fingerprint density at radius 3 is 2.72 bits per heavy atom. The molecular weight excluding hydrogens is 392 g/mol. The van der Waals surface area contributed by atoms with E-state index >= 15 is 0 Å². The predicted octanol–water partition coefficient (Wildman–Crippen LogP) is 3.70. The molecular formula is C16H16N4OS4. The Labute approximate surface area is 162 Å². The molecule has 9 heteroatoms. The summed E-state index contributed by atoms with van der Waals surface area (Å²) in [5.41, 5.74) is 2.42. The van der Waals surface area contributed by atoms with Crippen LogP contribution in [-0.2, 0) is 11.3 Å². The normalized spacial score (nSPS) is 11.8. The van der Waals surface area contributed by atoms with Gasteiger partial charge in [0.1, 0.15) is 0 Å². The van der Waals surface area contributed by atoms with E-state index in [4.69, 9.17) is 0 Å². The van der Waals surface area contributed by atoms with Crippen LogP contribution in [0.5, 0.6) is 0 Å². The van der Waals surface area contributed by atoms with Crippen molar-refractivity contribution >= 4 is 52.1 Å². The second-order valence-corrected chi connectivity index (χ2v) is 9.26. The molecule has 1 aromatic carbocycles. The molecule has 3 rings (SSSR count). The van der Waals surface area contributed by atoms with Crippen molar-refractivity contribution in [2.45, 2.75) is 22.1 Å². The van der Waals surface area contributed by atoms with E-state index in [9.17, 15) is 4.79 Å². The van der Waals surface area contributed by atoms with Gasteiger partial charge < -0.3 is 4.57 Å². The molecule has 0 saturated carbocycles. The van der Waals surface area contributed by atoms with Crippen molar-refractivity contribution in [2.24, 2.45) is 4.99 Å². The van der Waals surface area contributed by atoms with E-state index in [-0.39, 0.29) is 11.7 Å². The Kier molecular flexibility index (Phi) is 6.46. The van der Waals surface area contributed by atoms with Gasteiger partial charge in [-0.15, -0.1) is 21.5 Å². The summed E-state index contributed by atoms with van der Waals surface area (Å²) in [6.07, 6.45) is 3.91. The third-order valence-corrected chi connectivity index (χ3v) is 7.05. The van der Waals surface area contributed by atoms with Gasteiger partial charge in [0.2, 0.25) is 0 Å². The SMILES string of the molecule is CSc1nnc(SCC(=O)N=c2sccn2Cc2ccc(C)cc2)s1. The van der Waals surface area contributed by atoms with Crippen LogP contribution in [0.2, 0.25) is 0 Å². The van der Waals surface area contributed by atoms with E-state index in [0.717, 1.165) is 8.68 Å². The Morgan fingerprint density at radius 2 is 2.00 bits per heavy atom. The van der Waals surface area contributed by atoms with Crippen molar-refractivity contribution in [1.29, 1.82) is 0 Å². The zero-order valence-electron chi connectivity index (χ0n) is 13.7. The lowest BCUT2D eigenvalue weighted by molar-refractivity contribution is -0.115. The van der Waals surface area contributed by atoms with Gasteiger partial charge in [0.25, 0.3) is 5.91 Å². The van der Waals surface area contributed by atoms with Gasteiger partial charge in [-0.05, 0) is 18.7 Å². The third kappa shape index (κ3) is 5.27. The molecule has 2 heterocycles. The number of aryl methyl sites for hydroxylation is 1. The monoisotopic (exact) mass is 408 g/mol. The lowest BCUT2D eigenvalue weighted by atomic mass is 10.1. The maximum Gasteiger partial charge on any atom is 0.258 e. The smallest absolute Gasteiger partial charge is 0.258 e. The number of rotatable bonds is 6. The molecule has 25 heavy (non-hydrogen) atoms. The molecule has 0 spiro atoms. The molecule has 2 aromatic heterocycles. The first-order valence-electron chi connectivity index (χ1n) is 7.41. The van der Waals surface area contributed by atoms with Crippen LogP contribution in [0.3, 0.4) is 0 Å². The highest BCUT2D eigenvalue weighted by Gasteiger charge is 2.08. The molecule has 0 unspecified atom stereocenters. The van der Waals surface area contributed by atoms with Gasteiger partial charge in [-0.2, -0.15) is 4.99 Å². The van der Waals surface area contributed by atoms with Crippen molar-refractivity contribution in [2.75, 3.05) is 12.0 Å². The second kappa shape index (κ2) is 8.79. The van der Waals surface area contributed by atoms with Crippen molar-refractivity contribution in [3.05, 3.63) is 51.8 Å². The summed E-state index contributed by atoms with van der Waals surface area (Å²) in [6, 6.07) is 8.37. The number of carbonyl (C=O) groups excluding carboxylic acids is 1. The molecule has 1 amide bonds. The standard InChI is InChI=1S/C16H16N4OS4/c1-11-3-5-12(6-4-11)9-20-7-8-23-14(20)17-13(21)10-24-16-19-18-15(22-2)25-16/h3-8H,9-10H2,1-2H3. The summed E-state index contributed by atoms with van der Waals surface area (Å²) in [7, 11) is 0. The van der Waals surface area contributed by atoms with E-state index in [1.807, 2.05) is 22.4 Å². The van der Waals surface area contributed by atoms with Crippen LogP contribution in [0.1, 0.15) is 11.1 Å². The van der Waals surface area contributed by atoms with Gasteiger partial charge in [-0.3, -0.25) is 4.79 Å². The molecule has 0 aliphatic rings. The Hall–Kier alpha value is -1.42. The number of nitrogens with zero attached hydrogens (tertiary/aromatic N) is 4. The highest BCUT2D eigenvalue weighted by molar-refractivity contribution is 8.03. The van der Waals surface area contributed by atoms with Crippen LogP contribution < -0.4 is 4.80 Å². The molecule has 0 saturated heterocycles. The second-order valence-electron chi connectivity index (χ2n) is 5.13. The maximum atomic E-state index is 12.2. The maximum absolute atomic E-state index is 12.2. The van der Waals surface area contributed by atoms with E-state index < -0.39 is 0 Å².